The summed E-state index contributed by atoms with van der Waals surface area (Å²) in [6.07, 6.45) is 0. The fourth-order valence-corrected chi connectivity index (χ4v) is 4.49. The van der Waals surface area contributed by atoms with Gasteiger partial charge in [0.1, 0.15) is 4.53 Å². The zero-order chi connectivity index (χ0) is 18.0. The first-order valence-corrected chi connectivity index (χ1v) is 8.78. The molecule has 0 aliphatic carbocycles. The van der Waals surface area contributed by atoms with Crippen molar-refractivity contribution in [2.75, 3.05) is 4.90 Å². The first-order valence-electron chi connectivity index (χ1n) is 7.96. The van der Waals surface area contributed by atoms with Crippen LogP contribution in [0.5, 0.6) is 0 Å². The Balaban J connectivity index is 1.93. The highest BCUT2D eigenvalue weighted by Gasteiger charge is 2.36. The molecule has 0 N–H and O–H groups in total. The first kappa shape index (κ1) is 15.0. The van der Waals surface area contributed by atoms with E-state index in [1.165, 1.54) is 22.7 Å². The van der Waals surface area contributed by atoms with Gasteiger partial charge in [-0.05, 0) is 18.2 Å². The average Bonchev–Trinajstić information content (AvgIpc) is 3.23. The summed E-state index contributed by atoms with van der Waals surface area (Å²) in [7, 11) is 0. The number of fused-ring (bicyclic) bond motifs is 4. The van der Waals surface area contributed by atoms with E-state index in [4.69, 9.17) is 0 Å². The summed E-state index contributed by atoms with van der Waals surface area (Å²) in [6.45, 7) is 1.34. The summed E-state index contributed by atoms with van der Waals surface area (Å²) in [6, 6.07) is 14.4. The number of imidazole rings is 1. The second-order valence-corrected chi connectivity index (χ2v) is 6.98. The predicted molar refractivity (Wildman–Crippen MR) is 99.2 cm³/mol. The molecule has 0 radical (unpaired) electrons. The molecule has 0 spiro atoms. The molecule has 0 atom stereocenters. The fourth-order valence-electron chi connectivity index (χ4n) is 3.41. The topological polar surface area (TPSA) is 71.8 Å². The van der Waals surface area contributed by atoms with Gasteiger partial charge in [0.25, 0.3) is 11.5 Å². The van der Waals surface area contributed by atoms with Crippen LogP contribution in [0.4, 0.5) is 5.69 Å². The highest BCUT2D eigenvalue weighted by Crippen LogP contribution is 2.35. The van der Waals surface area contributed by atoms with E-state index >= 15 is 0 Å². The van der Waals surface area contributed by atoms with Crippen LogP contribution in [0, 0.1) is 0 Å². The Labute approximate surface area is 150 Å². The van der Waals surface area contributed by atoms with Crippen LogP contribution in [-0.4, -0.2) is 21.2 Å². The largest absolute Gasteiger partial charge is 0.275 e. The van der Waals surface area contributed by atoms with Gasteiger partial charge in [0.05, 0.1) is 22.3 Å². The Morgan fingerprint density at radius 3 is 2.58 bits per heavy atom. The number of rotatable bonds is 0. The monoisotopic (exact) mass is 361 g/mol. The molecule has 0 saturated heterocycles. The predicted octanol–water partition coefficient (Wildman–Crippen LogP) is 1.72. The summed E-state index contributed by atoms with van der Waals surface area (Å²) < 4.78 is 1.83. The lowest BCUT2D eigenvalue weighted by atomic mass is 10.1. The molecular formula is C19H11N3O3S. The van der Waals surface area contributed by atoms with Crippen LogP contribution in [0.25, 0.3) is 21.6 Å². The van der Waals surface area contributed by atoms with Gasteiger partial charge in [-0.25, -0.2) is 14.3 Å². The third-order valence-corrected chi connectivity index (χ3v) is 5.53. The fraction of sp³-hybridized carbons (Fsp3) is 0.0526. The maximum Gasteiger partial charge on any atom is 0.275 e. The maximum absolute atomic E-state index is 13.1. The standard InChI is InChI=1S/C19H11N3O3S/c1-10(23)21-13-8-4-2-6-11(13)15(17(21)24)16-18(25)22-14-9-5-3-7-12(14)20-19(22)26-16/h2-9H,1H3/b16-15-. The molecule has 0 fully saturated rings. The molecule has 6 nitrogen and oxygen atoms in total. The van der Waals surface area contributed by atoms with Crippen LogP contribution in [0.3, 0.4) is 0 Å². The molecule has 2 aromatic carbocycles. The van der Waals surface area contributed by atoms with E-state index in [0.29, 0.717) is 26.3 Å². The van der Waals surface area contributed by atoms with Crippen molar-refractivity contribution < 1.29 is 9.59 Å². The molecular weight excluding hydrogens is 350 g/mol. The lowest BCUT2D eigenvalue weighted by molar-refractivity contribution is -0.122. The number of aromatic nitrogens is 2. The van der Waals surface area contributed by atoms with Crippen molar-refractivity contribution in [2.45, 2.75) is 6.92 Å². The molecule has 26 heavy (non-hydrogen) atoms. The second-order valence-electron chi connectivity index (χ2n) is 6.01. The number of hydrogen-bond donors (Lipinski definition) is 0. The minimum Gasteiger partial charge on any atom is -0.274 e. The number of nitrogens with zero attached hydrogens (tertiary/aromatic N) is 3. The lowest BCUT2D eigenvalue weighted by Crippen LogP contribution is -2.34. The van der Waals surface area contributed by atoms with Crippen molar-refractivity contribution in [2.24, 2.45) is 0 Å². The van der Waals surface area contributed by atoms with Crippen molar-refractivity contribution in [3.63, 3.8) is 0 Å². The van der Waals surface area contributed by atoms with Gasteiger partial charge in [-0.1, -0.05) is 41.7 Å². The Morgan fingerprint density at radius 2 is 1.77 bits per heavy atom. The maximum atomic E-state index is 13.1. The molecule has 126 valence electrons. The lowest BCUT2D eigenvalue weighted by Gasteiger charge is -2.11. The third kappa shape index (κ3) is 1.80. The van der Waals surface area contributed by atoms with Crippen LogP contribution in [-0.2, 0) is 9.59 Å². The summed E-state index contributed by atoms with van der Waals surface area (Å²) in [5.74, 6) is -0.846. The van der Waals surface area contributed by atoms with E-state index in [9.17, 15) is 14.4 Å². The number of hydrogen-bond acceptors (Lipinski definition) is 5. The van der Waals surface area contributed by atoms with Gasteiger partial charge in [0.2, 0.25) is 5.91 Å². The van der Waals surface area contributed by atoms with E-state index in [1.807, 2.05) is 24.3 Å². The van der Waals surface area contributed by atoms with Gasteiger partial charge < -0.3 is 0 Å². The number of carbonyl (C=O) groups excluding carboxylic acids is 2. The van der Waals surface area contributed by atoms with Crippen molar-refractivity contribution >= 4 is 50.4 Å². The van der Waals surface area contributed by atoms with Crippen LogP contribution >= 0.6 is 11.3 Å². The number of para-hydroxylation sites is 3. The van der Waals surface area contributed by atoms with Gasteiger partial charge in [-0.3, -0.25) is 14.4 Å². The Bertz CT molecular complexity index is 1370. The Kier molecular flexibility index (Phi) is 2.93. The van der Waals surface area contributed by atoms with Crippen molar-refractivity contribution in [1.29, 1.82) is 0 Å². The van der Waals surface area contributed by atoms with Gasteiger partial charge in [-0.2, -0.15) is 0 Å². The molecule has 2 amide bonds. The minimum atomic E-state index is -0.468. The second kappa shape index (κ2) is 5.09. The number of imide groups is 1. The zero-order valence-electron chi connectivity index (χ0n) is 13.6. The number of thiazole rings is 1. The highest BCUT2D eigenvalue weighted by molar-refractivity contribution is 7.15. The molecule has 1 aliphatic rings. The van der Waals surface area contributed by atoms with E-state index in [-0.39, 0.29) is 17.0 Å². The zero-order valence-corrected chi connectivity index (χ0v) is 14.4. The van der Waals surface area contributed by atoms with Crippen LogP contribution in [0.15, 0.2) is 53.3 Å². The Hall–Kier alpha value is -3.32. The quantitative estimate of drug-likeness (QED) is 0.478. The van der Waals surface area contributed by atoms with E-state index in [1.54, 1.807) is 24.3 Å². The molecule has 1 aliphatic heterocycles. The van der Waals surface area contributed by atoms with Crippen LogP contribution < -0.4 is 15.0 Å². The average molecular weight is 361 g/mol. The summed E-state index contributed by atoms with van der Waals surface area (Å²) in [5.41, 5.74) is 2.52. The van der Waals surface area contributed by atoms with E-state index in [2.05, 4.69) is 4.98 Å². The summed E-state index contributed by atoms with van der Waals surface area (Å²) >= 11 is 1.17. The first-order chi connectivity index (χ1) is 12.6. The Morgan fingerprint density at radius 1 is 1.04 bits per heavy atom. The number of anilines is 1. The van der Waals surface area contributed by atoms with Crippen molar-refractivity contribution in [3.8, 4) is 0 Å². The molecule has 3 heterocycles. The normalized spacial score (nSPS) is 15.9. The molecule has 2 aromatic heterocycles. The SMILES string of the molecule is CC(=O)N1C(=O)/C(=c2\sc3nc4ccccc4n3c2=O)c2ccccc21. The van der Waals surface area contributed by atoms with Gasteiger partial charge in [0, 0.05) is 12.5 Å². The summed E-state index contributed by atoms with van der Waals surface area (Å²) in [5, 5.41) is 0. The number of carbonyl (C=O) groups is 2. The molecule has 0 saturated carbocycles. The van der Waals surface area contributed by atoms with Gasteiger partial charge in [0.15, 0.2) is 4.96 Å². The van der Waals surface area contributed by atoms with Gasteiger partial charge in [-0.15, -0.1) is 0 Å². The molecule has 4 aromatic rings. The molecule has 0 bridgehead atoms. The summed E-state index contributed by atoms with van der Waals surface area (Å²) in [4.78, 5) is 44.1. The molecule has 7 heteroatoms. The molecule has 5 rings (SSSR count). The van der Waals surface area contributed by atoms with E-state index < -0.39 is 5.91 Å². The number of benzene rings is 2. The molecule has 0 unspecified atom stereocenters. The van der Waals surface area contributed by atoms with Gasteiger partial charge >= 0.3 is 0 Å². The minimum absolute atomic E-state index is 0.264. The smallest absolute Gasteiger partial charge is 0.274 e. The van der Waals surface area contributed by atoms with Crippen molar-refractivity contribution in [3.05, 3.63) is 69.0 Å². The van der Waals surface area contributed by atoms with Crippen molar-refractivity contribution in [1.82, 2.24) is 9.38 Å². The van der Waals surface area contributed by atoms with Crippen LogP contribution in [0.2, 0.25) is 0 Å². The highest BCUT2D eigenvalue weighted by atomic mass is 32.1. The van der Waals surface area contributed by atoms with E-state index in [0.717, 1.165) is 10.4 Å². The number of amides is 2. The third-order valence-electron chi connectivity index (χ3n) is 4.49. The van der Waals surface area contributed by atoms with Crippen LogP contribution in [0.1, 0.15) is 12.5 Å².